The minimum atomic E-state index is -0.847. The molecule has 3 aromatic heterocycles. The van der Waals surface area contributed by atoms with E-state index in [0.717, 1.165) is 29.8 Å². The van der Waals surface area contributed by atoms with Crippen molar-refractivity contribution in [1.82, 2.24) is 19.7 Å². The number of amides is 1. The van der Waals surface area contributed by atoms with E-state index in [1.165, 1.54) is 0 Å². The maximum Gasteiger partial charge on any atom is 0.247 e. The van der Waals surface area contributed by atoms with E-state index in [2.05, 4.69) is 26.5 Å². The molecule has 1 saturated carbocycles. The summed E-state index contributed by atoms with van der Waals surface area (Å²) < 4.78 is 1.80. The quantitative estimate of drug-likeness (QED) is 0.707. The summed E-state index contributed by atoms with van der Waals surface area (Å²) in [6.45, 7) is 0.560. The molecule has 1 amide bonds. The lowest BCUT2D eigenvalue weighted by molar-refractivity contribution is -0.123. The minimum Gasteiger partial charge on any atom is -0.325 e. The number of nitrogens with one attached hydrogen (secondary N) is 1. The Morgan fingerprint density at radius 1 is 1.17 bits per heavy atom. The van der Waals surface area contributed by atoms with E-state index in [1.807, 2.05) is 37.4 Å². The highest BCUT2D eigenvalue weighted by molar-refractivity contribution is 6.02. The van der Waals surface area contributed by atoms with E-state index in [-0.39, 0.29) is 11.8 Å². The highest BCUT2D eigenvalue weighted by Gasteiger charge is 2.56. The van der Waals surface area contributed by atoms with Crippen molar-refractivity contribution in [3.8, 4) is 17.3 Å². The molecule has 2 fully saturated rings. The number of hydrogen-bond donors (Lipinski definition) is 1. The average molecular weight is 399 g/mol. The number of aryl methyl sites for hydroxylation is 1. The standard InChI is InChI=1S/C22H21N7O/c1-28-18(7-10-26-28)15-2-5-19(25-13-15)27-20-12-17(6-9-24-20)29-11-8-22(14-23,21(29)30)16-3-4-16/h2,5-7,9-10,12-13,16H,3-4,8,11H2,1H3,(H,24,25,27)/t22-/m1/s1. The van der Waals surface area contributed by atoms with Gasteiger partial charge in [0.1, 0.15) is 17.1 Å². The number of carbonyl (C=O) groups is 1. The number of rotatable bonds is 5. The Balaban J connectivity index is 1.34. The minimum absolute atomic E-state index is 0.0803. The fraction of sp³-hybridized carbons (Fsp3) is 0.318. The van der Waals surface area contributed by atoms with Crippen LogP contribution in [-0.4, -0.2) is 32.2 Å². The van der Waals surface area contributed by atoms with Gasteiger partial charge in [-0.3, -0.25) is 9.48 Å². The van der Waals surface area contributed by atoms with Gasteiger partial charge in [0.25, 0.3) is 0 Å². The summed E-state index contributed by atoms with van der Waals surface area (Å²) >= 11 is 0. The Bertz CT molecular complexity index is 1140. The SMILES string of the molecule is Cn1nccc1-c1ccc(Nc2cc(N3CC[C@@](C#N)(C4CC4)C3=O)ccn2)nc1. The molecule has 8 nitrogen and oxygen atoms in total. The normalized spacial score (nSPS) is 20.9. The predicted octanol–water partition coefficient (Wildman–Crippen LogP) is 3.28. The lowest BCUT2D eigenvalue weighted by Crippen LogP contribution is -2.35. The highest BCUT2D eigenvalue weighted by atomic mass is 16.2. The first kappa shape index (κ1) is 18.3. The summed E-state index contributed by atoms with van der Waals surface area (Å²) in [6.07, 6.45) is 7.73. The zero-order chi connectivity index (χ0) is 20.7. The molecule has 0 unspecified atom stereocenters. The van der Waals surface area contributed by atoms with Gasteiger partial charge in [0.05, 0.1) is 11.8 Å². The topological polar surface area (TPSA) is 99.7 Å². The number of hydrogen-bond acceptors (Lipinski definition) is 6. The summed E-state index contributed by atoms with van der Waals surface area (Å²) in [7, 11) is 1.89. The summed E-state index contributed by atoms with van der Waals surface area (Å²) in [6, 6.07) is 11.7. The molecule has 0 radical (unpaired) electrons. The molecular formula is C22H21N7O. The zero-order valence-electron chi connectivity index (χ0n) is 16.6. The van der Waals surface area contributed by atoms with Gasteiger partial charge in [0.15, 0.2) is 0 Å². The zero-order valence-corrected chi connectivity index (χ0v) is 16.6. The lowest BCUT2D eigenvalue weighted by atomic mass is 9.83. The van der Waals surface area contributed by atoms with Gasteiger partial charge in [0, 0.05) is 49.5 Å². The largest absolute Gasteiger partial charge is 0.325 e. The number of nitriles is 1. The van der Waals surface area contributed by atoms with Crippen molar-refractivity contribution in [2.75, 3.05) is 16.8 Å². The summed E-state index contributed by atoms with van der Waals surface area (Å²) in [4.78, 5) is 23.6. The third-order valence-corrected chi connectivity index (χ3v) is 6.02. The van der Waals surface area contributed by atoms with Crippen LogP contribution in [0.4, 0.5) is 17.3 Å². The molecule has 0 spiro atoms. The van der Waals surface area contributed by atoms with Crippen molar-refractivity contribution in [2.24, 2.45) is 18.4 Å². The van der Waals surface area contributed by atoms with Gasteiger partial charge in [-0.05, 0) is 49.4 Å². The first-order valence-electron chi connectivity index (χ1n) is 10.0. The summed E-state index contributed by atoms with van der Waals surface area (Å²) in [5.41, 5.74) is 1.86. The number of anilines is 3. The third kappa shape index (κ3) is 2.99. The monoisotopic (exact) mass is 399 g/mol. The lowest BCUT2D eigenvalue weighted by Gasteiger charge is -2.21. The molecule has 1 N–H and O–H groups in total. The fourth-order valence-corrected chi connectivity index (χ4v) is 4.20. The second-order valence-corrected chi connectivity index (χ2v) is 7.86. The molecule has 1 aliphatic heterocycles. The molecule has 1 atom stereocenters. The average Bonchev–Trinajstić information content (AvgIpc) is 3.44. The first-order chi connectivity index (χ1) is 14.6. The van der Waals surface area contributed by atoms with Crippen LogP contribution in [0.1, 0.15) is 19.3 Å². The van der Waals surface area contributed by atoms with E-state index in [9.17, 15) is 10.1 Å². The van der Waals surface area contributed by atoms with Crippen molar-refractivity contribution in [3.05, 3.63) is 48.9 Å². The maximum atomic E-state index is 13.0. The highest BCUT2D eigenvalue weighted by Crippen LogP contribution is 2.51. The van der Waals surface area contributed by atoms with Gasteiger partial charge < -0.3 is 10.2 Å². The molecule has 0 bridgehead atoms. The number of pyridine rings is 2. The third-order valence-electron chi connectivity index (χ3n) is 6.02. The van der Waals surface area contributed by atoms with Gasteiger partial charge in [0.2, 0.25) is 5.91 Å². The van der Waals surface area contributed by atoms with Gasteiger partial charge in [-0.1, -0.05) is 0 Å². The van der Waals surface area contributed by atoms with Gasteiger partial charge in [-0.2, -0.15) is 10.4 Å². The molecule has 3 aromatic rings. The first-order valence-corrected chi connectivity index (χ1v) is 10.0. The van der Waals surface area contributed by atoms with Crippen LogP contribution >= 0.6 is 0 Å². The molecule has 1 saturated heterocycles. The van der Waals surface area contributed by atoms with Crippen LogP contribution in [0, 0.1) is 22.7 Å². The number of aromatic nitrogens is 4. The Labute approximate surface area is 174 Å². The van der Waals surface area contributed by atoms with Crippen molar-refractivity contribution >= 4 is 23.2 Å². The second kappa shape index (κ2) is 6.95. The van der Waals surface area contributed by atoms with Crippen LogP contribution in [0.3, 0.4) is 0 Å². The molecule has 1 aliphatic carbocycles. The van der Waals surface area contributed by atoms with Crippen LogP contribution in [0.5, 0.6) is 0 Å². The van der Waals surface area contributed by atoms with Crippen molar-refractivity contribution in [2.45, 2.75) is 19.3 Å². The van der Waals surface area contributed by atoms with Crippen LogP contribution < -0.4 is 10.2 Å². The summed E-state index contributed by atoms with van der Waals surface area (Å²) in [5, 5.41) is 17.1. The molecule has 4 heterocycles. The van der Waals surface area contributed by atoms with Crippen molar-refractivity contribution < 1.29 is 4.79 Å². The van der Waals surface area contributed by atoms with Crippen LogP contribution in [0.25, 0.3) is 11.3 Å². The molecule has 150 valence electrons. The van der Waals surface area contributed by atoms with E-state index < -0.39 is 5.41 Å². The predicted molar refractivity (Wildman–Crippen MR) is 112 cm³/mol. The Morgan fingerprint density at radius 2 is 2.03 bits per heavy atom. The molecule has 2 aliphatic rings. The van der Waals surface area contributed by atoms with Gasteiger partial charge >= 0.3 is 0 Å². The van der Waals surface area contributed by atoms with Crippen molar-refractivity contribution in [1.29, 1.82) is 5.26 Å². The fourth-order valence-electron chi connectivity index (χ4n) is 4.20. The molecule has 30 heavy (non-hydrogen) atoms. The van der Waals surface area contributed by atoms with Crippen LogP contribution in [0.2, 0.25) is 0 Å². The number of carbonyl (C=O) groups excluding carboxylic acids is 1. The molecule has 0 aromatic carbocycles. The van der Waals surface area contributed by atoms with Gasteiger partial charge in [-0.15, -0.1) is 0 Å². The van der Waals surface area contributed by atoms with E-state index >= 15 is 0 Å². The van der Waals surface area contributed by atoms with E-state index in [4.69, 9.17) is 0 Å². The van der Waals surface area contributed by atoms with Crippen LogP contribution in [0.15, 0.2) is 48.9 Å². The Morgan fingerprint density at radius 3 is 2.70 bits per heavy atom. The summed E-state index contributed by atoms with van der Waals surface area (Å²) in [5.74, 6) is 1.38. The molecule has 8 heteroatoms. The Kier molecular flexibility index (Phi) is 4.24. The molecule has 5 rings (SSSR count). The van der Waals surface area contributed by atoms with Crippen molar-refractivity contribution in [3.63, 3.8) is 0 Å². The second-order valence-electron chi connectivity index (χ2n) is 7.86. The van der Waals surface area contributed by atoms with Gasteiger partial charge in [-0.25, -0.2) is 9.97 Å². The smallest absolute Gasteiger partial charge is 0.247 e. The van der Waals surface area contributed by atoms with E-state index in [1.54, 1.807) is 28.2 Å². The number of nitrogens with zero attached hydrogens (tertiary/aromatic N) is 6. The maximum absolute atomic E-state index is 13.0. The van der Waals surface area contributed by atoms with Crippen LogP contribution in [-0.2, 0) is 11.8 Å². The van der Waals surface area contributed by atoms with E-state index in [0.29, 0.717) is 24.6 Å². The Hall–Kier alpha value is -3.73. The molecular weight excluding hydrogens is 378 g/mol.